The molecule has 1 fully saturated rings. The van der Waals surface area contributed by atoms with Crippen molar-refractivity contribution in [1.82, 2.24) is 4.90 Å². The number of aliphatic carboxylic acids is 1. The van der Waals surface area contributed by atoms with Gasteiger partial charge in [-0.1, -0.05) is 17.7 Å². The molecular formula is C18H25NO3. The molecule has 2 rings (SSSR count). The second-order valence-electron chi connectivity index (χ2n) is 6.26. The lowest BCUT2D eigenvalue weighted by molar-refractivity contribution is -0.137. The van der Waals surface area contributed by atoms with E-state index in [2.05, 4.69) is 4.90 Å². The monoisotopic (exact) mass is 303 g/mol. The summed E-state index contributed by atoms with van der Waals surface area (Å²) in [6, 6.07) is 6.30. The van der Waals surface area contributed by atoms with Crippen molar-refractivity contribution in [3.05, 3.63) is 34.9 Å². The average molecular weight is 303 g/mol. The van der Waals surface area contributed by atoms with Crippen LogP contribution < -0.4 is 0 Å². The van der Waals surface area contributed by atoms with Gasteiger partial charge in [0.05, 0.1) is 0 Å². The predicted molar refractivity (Wildman–Crippen MR) is 86.3 cm³/mol. The van der Waals surface area contributed by atoms with Crippen LogP contribution in [0.2, 0.25) is 0 Å². The lowest BCUT2D eigenvalue weighted by Crippen LogP contribution is -2.32. The van der Waals surface area contributed by atoms with E-state index in [4.69, 9.17) is 5.11 Å². The van der Waals surface area contributed by atoms with Crippen LogP contribution in [0, 0.1) is 13.8 Å². The van der Waals surface area contributed by atoms with Gasteiger partial charge in [0.1, 0.15) is 0 Å². The first-order chi connectivity index (χ1) is 10.5. The Morgan fingerprint density at radius 2 is 2.05 bits per heavy atom. The van der Waals surface area contributed by atoms with Gasteiger partial charge in [-0.05, 0) is 51.3 Å². The van der Waals surface area contributed by atoms with Gasteiger partial charge in [-0.3, -0.25) is 14.5 Å². The zero-order chi connectivity index (χ0) is 16.1. The van der Waals surface area contributed by atoms with Crippen LogP contribution in [0.25, 0.3) is 0 Å². The van der Waals surface area contributed by atoms with Crippen molar-refractivity contribution >= 4 is 11.8 Å². The van der Waals surface area contributed by atoms with Gasteiger partial charge < -0.3 is 5.11 Å². The van der Waals surface area contributed by atoms with E-state index in [-0.39, 0.29) is 12.2 Å². The highest BCUT2D eigenvalue weighted by molar-refractivity contribution is 5.97. The molecule has 0 aromatic heterocycles. The molecule has 1 unspecified atom stereocenters. The molecule has 0 spiro atoms. The third-order valence-electron chi connectivity index (χ3n) is 4.51. The molecule has 1 aromatic rings. The minimum absolute atomic E-state index is 0.185. The summed E-state index contributed by atoms with van der Waals surface area (Å²) in [6.45, 7) is 5.68. The molecule has 1 saturated heterocycles. The van der Waals surface area contributed by atoms with E-state index in [0.29, 0.717) is 18.9 Å². The molecule has 0 radical (unpaired) electrons. The Labute approximate surface area is 132 Å². The zero-order valence-corrected chi connectivity index (χ0v) is 13.5. The number of hydrogen-bond donors (Lipinski definition) is 1. The maximum atomic E-state index is 12.4. The molecule has 1 aromatic carbocycles. The highest BCUT2D eigenvalue weighted by Gasteiger charge is 2.25. The Hall–Kier alpha value is -1.68. The smallest absolute Gasteiger partial charge is 0.303 e. The van der Waals surface area contributed by atoms with Crippen molar-refractivity contribution < 1.29 is 14.7 Å². The predicted octanol–water partition coefficient (Wildman–Crippen LogP) is 3.21. The van der Waals surface area contributed by atoms with E-state index < -0.39 is 5.97 Å². The Kier molecular flexibility index (Phi) is 5.72. The third-order valence-corrected chi connectivity index (χ3v) is 4.51. The number of carboxylic acid groups (broad SMARTS) is 1. The van der Waals surface area contributed by atoms with Gasteiger partial charge in [0.2, 0.25) is 0 Å². The standard InChI is InChI=1S/C18H25NO3/c1-13-5-6-14(2)16(12-13)17(20)9-11-19-10-3-4-15(19)7-8-18(21)22/h5-6,12,15H,3-4,7-11H2,1-2H3,(H,21,22). The summed E-state index contributed by atoms with van der Waals surface area (Å²) >= 11 is 0. The Morgan fingerprint density at radius 1 is 1.27 bits per heavy atom. The number of carbonyl (C=O) groups is 2. The summed E-state index contributed by atoms with van der Waals surface area (Å²) in [5, 5.41) is 8.81. The first kappa shape index (κ1) is 16.7. The number of carboxylic acids is 1. The lowest BCUT2D eigenvalue weighted by atomic mass is 10.00. The molecule has 4 heteroatoms. The molecular weight excluding hydrogens is 278 g/mol. The van der Waals surface area contributed by atoms with Gasteiger partial charge in [0.15, 0.2) is 5.78 Å². The van der Waals surface area contributed by atoms with Crippen LogP contribution in [0.5, 0.6) is 0 Å². The van der Waals surface area contributed by atoms with Crippen LogP contribution >= 0.6 is 0 Å². The molecule has 4 nitrogen and oxygen atoms in total. The summed E-state index contributed by atoms with van der Waals surface area (Å²) in [5.41, 5.74) is 2.95. The molecule has 1 heterocycles. The highest BCUT2D eigenvalue weighted by Crippen LogP contribution is 2.22. The number of carbonyl (C=O) groups excluding carboxylic acids is 1. The van der Waals surface area contributed by atoms with E-state index in [1.165, 1.54) is 0 Å². The van der Waals surface area contributed by atoms with Crippen molar-refractivity contribution in [2.45, 2.75) is 52.0 Å². The maximum absolute atomic E-state index is 12.4. The molecule has 0 saturated carbocycles. The van der Waals surface area contributed by atoms with Crippen LogP contribution in [0.3, 0.4) is 0 Å². The van der Waals surface area contributed by atoms with E-state index in [0.717, 1.165) is 42.6 Å². The van der Waals surface area contributed by atoms with Crippen molar-refractivity contribution in [1.29, 1.82) is 0 Å². The number of Topliss-reactive ketones (excluding diaryl/α,β-unsaturated/α-hetero) is 1. The van der Waals surface area contributed by atoms with Gasteiger partial charge in [0, 0.05) is 31.0 Å². The number of ketones is 1. The molecule has 22 heavy (non-hydrogen) atoms. The van der Waals surface area contributed by atoms with Gasteiger partial charge in [-0.2, -0.15) is 0 Å². The Balaban J connectivity index is 1.90. The molecule has 0 bridgehead atoms. The van der Waals surface area contributed by atoms with Gasteiger partial charge >= 0.3 is 5.97 Å². The Morgan fingerprint density at radius 3 is 2.77 bits per heavy atom. The number of aryl methyl sites for hydroxylation is 2. The molecule has 0 aliphatic carbocycles. The lowest BCUT2D eigenvalue weighted by Gasteiger charge is -2.23. The highest BCUT2D eigenvalue weighted by atomic mass is 16.4. The molecule has 1 atom stereocenters. The molecule has 1 aliphatic heterocycles. The first-order valence-corrected chi connectivity index (χ1v) is 8.03. The normalized spacial score (nSPS) is 18.5. The van der Waals surface area contributed by atoms with Gasteiger partial charge in [-0.15, -0.1) is 0 Å². The quantitative estimate of drug-likeness (QED) is 0.786. The number of benzene rings is 1. The number of rotatable bonds is 7. The van der Waals surface area contributed by atoms with Crippen LogP contribution in [0.15, 0.2) is 18.2 Å². The van der Waals surface area contributed by atoms with Crippen molar-refractivity contribution in [3.63, 3.8) is 0 Å². The van der Waals surface area contributed by atoms with E-state index >= 15 is 0 Å². The van der Waals surface area contributed by atoms with Gasteiger partial charge in [0.25, 0.3) is 0 Å². The van der Waals surface area contributed by atoms with Gasteiger partial charge in [-0.25, -0.2) is 0 Å². The summed E-state index contributed by atoms with van der Waals surface area (Å²) in [7, 11) is 0. The van der Waals surface area contributed by atoms with E-state index in [9.17, 15) is 9.59 Å². The summed E-state index contributed by atoms with van der Waals surface area (Å²) < 4.78 is 0. The Bertz CT molecular complexity index is 553. The minimum Gasteiger partial charge on any atom is -0.481 e. The molecule has 0 amide bonds. The molecule has 120 valence electrons. The largest absolute Gasteiger partial charge is 0.481 e. The summed E-state index contributed by atoms with van der Waals surface area (Å²) in [6.07, 6.45) is 3.56. The average Bonchev–Trinajstić information content (AvgIpc) is 2.92. The van der Waals surface area contributed by atoms with Crippen molar-refractivity contribution in [2.75, 3.05) is 13.1 Å². The first-order valence-electron chi connectivity index (χ1n) is 8.03. The second kappa shape index (κ2) is 7.54. The maximum Gasteiger partial charge on any atom is 0.303 e. The third kappa shape index (κ3) is 4.41. The minimum atomic E-state index is -0.738. The van der Waals surface area contributed by atoms with Crippen LogP contribution in [0.1, 0.15) is 53.6 Å². The van der Waals surface area contributed by atoms with E-state index in [1.807, 2.05) is 32.0 Å². The van der Waals surface area contributed by atoms with Crippen LogP contribution in [0.4, 0.5) is 0 Å². The topological polar surface area (TPSA) is 57.6 Å². The number of hydrogen-bond acceptors (Lipinski definition) is 3. The molecule has 1 N–H and O–H groups in total. The van der Waals surface area contributed by atoms with Crippen LogP contribution in [-0.2, 0) is 4.79 Å². The van der Waals surface area contributed by atoms with Crippen molar-refractivity contribution in [2.24, 2.45) is 0 Å². The SMILES string of the molecule is Cc1ccc(C)c(C(=O)CCN2CCCC2CCC(=O)O)c1. The number of nitrogens with zero attached hydrogens (tertiary/aromatic N) is 1. The zero-order valence-electron chi connectivity index (χ0n) is 13.5. The summed E-state index contributed by atoms with van der Waals surface area (Å²) in [5.74, 6) is -0.552. The number of likely N-dealkylation sites (tertiary alicyclic amines) is 1. The fourth-order valence-electron chi connectivity index (χ4n) is 3.22. The fraction of sp³-hybridized carbons (Fsp3) is 0.556. The fourth-order valence-corrected chi connectivity index (χ4v) is 3.22. The summed E-state index contributed by atoms with van der Waals surface area (Å²) in [4.78, 5) is 25.4. The van der Waals surface area contributed by atoms with Crippen molar-refractivity contribution in [3.8, 4) is 0 Å². The second-order valence-corrected chi connectivity index (χ2v) is 6.26. The van der Waals surface area contributed by atoms with E-state index in [1.54, 1.807) is 0 Å². The van der Waals surface area contributed by atoms with Crippen LogP contribution in [-0.4, -0.2) is 40.9 Å². The molecule has 1 aliphatic rings.